The summed E-state index contributed by atoms with van der Waals surface area (Å²) in [6, 6.07) is 26.2. The largest absolute Gasteiger partial charge is 0.345 e. The lowest BCUT2D eigenvalue weighted by Crippen LogP contribution is -2.52. The summed E-state index contributed by atoms with van der Waals surface area (Å²) in [5.74, 6) is -1.12. The number of benzene rings is 3. The van der Waals surface area contributed by atoms with Crippen LogP contribution >= 0.6 is 0 Å². The molecule has 2 N–H and O–H groups in total. The first-order valence-electron chi connectivity index (χ1n) is 11.1. The lowest BCUT2D eigenvalue weighted by molar-refractivity contribution is -0.144. The minimum atomic E-state index is -0.620. The third-order valence-electron chi connectivity index (χ3n) is 6.07. The molecule has 0 aliphatic carbocycles. The zero-order valence-corrected chi connectivity index (χ0v) is 18.1. The Balaban J connectivity index is 1.25. The number of aromatic nitrogens is 2. The molecule has 0 bridgehead atoms. The van der Waals surface area contributed by atoms with Crippen molar-refractivity contribution in [1.29, 1.82) is 0 Å². The summed E-state index contributed by atoms with van der Waals surface area (Å²) >= 11 is 0. The molecule has 0 radical (unpaired) electrons. The van der Waals surface area contributed by atoms with Crippen molar-refractivity contribution >= 4 is 28.5 Å². The zero-order valence-electron chi connectivity index (χ0n) is 18.1. The lowest BCUT2D eigenvalue weighted by Gasteiger charge is -2.39. The molecule has 7 nitrogen and oxygen atoms in total. The average molecular weight is 440 g/mol. The number of fused-ring (bicyclic) bond motifs is 1. The van der Waals surface area contributed by atoms with E-state index in [0.29, 0.717) is 31.9 Å². The molecule has 5 rings (SSSR count). The van der Waals surface area contributed by atoms with E-state index in [-0.39, 0.29) is 6.04 Å². The summed E-state index contributed by atoms with van der Waals surface area (Å²) in [5.41, 5.74) is 4.62. The molecule has 1 aliphatic rings. The van der Waals surface area contributed by atoms with E-state index in [0.717, 1.165) is 11.0 Å². The standard InChI is InChI=1S/C26H25N5O2/c32-25(29-21-11-12-22-23(17-21)28-18-27-22)26(33)31-15-13-30(14-16-31)24(19-7-3-1-4-8-19)20-9-5-2-6-10-20/h1-12,17-18,24H,13-16H2,(H,27,28)(H,29,32). The Bertz CT molecular complexity index is 1210. The average Bonchev–Trinajstić information content (AvgIpc) is 3.33. The van der Waals surface area contributed by atoms with E-state index in [1.54, 1.807) is 29.4 Å². The van der Waals surface area contributed by atoms with Gasteiger partial charge in [0.2, 0.25) is 0 Å². The van der Waals surface area contributed by atoms with Gasteiger partial charge in [0, 0.05) is 31.9 Å². The van der Waals surface area contributed by atoms with Crippen molar-refractivity contribution in [1.82, 2.24) is 19.8 Å². The number of rotatable bonds is 4. The fourth-order valence-corrected chi connectivity index (χ4v) is 4.41. The topological polar surface area (TPSA) is 81.3 Å². The van der Waals surface area contributed by atoms with E-state index in [4.69, 9.17) is 0 Å². The number of anilines is 1. The van der Waals surface area contributed by atoms with Gasteiger partial charge in [-0.2, -0.15) is 0 Å². The highest BCUT2D eigenvalue weighted by Crippen LogP contribution is 2.29. The molecular weight excluding hydrogens is 414 g/mol. The van der Waals surface area contributed by atoms with Crippen LogP contribution in [0.4, 0.5) is 5.69 Å². The monoisotopic (exact) mass is 439 g/mol. The number of carbonyl (C=O) groups excluding carboxylic acids is 2. The van der Waals surface area contributed by atoms with Crippen molar-refractivity contribution in [2.75, 3.05) is 31.5 Å². The van der Waals surface area contributed by atoms with Crippen molar-refractivity contribution in [3.63, 3.8) is 0 Å². The molecule has 0 saturated carbocycles. The molecule has 1 aromatic heterocycles. The van der Waals surface area contributed by atoms with Crippen LogP contribution in [0.2, 0.25) is 0 Å². The molecule has 4 aromatic rings. The van der Waals surface area contributed by atoms with Gasteiger partial charge in [0.1, 0.15) is 0 Å². The Kier molecular flexibility index (Phi) is 5.87. The number of amides is 2. The zero-order chi connectivity index (χ0) is 22.6. The van der Waals surface area contributed by atoms with Gasteiger partial charge in [-0.05, 0) is 29.3 Å². The summed E-state index contributed by atoms with van der Waals surface area (Å²) in [6.45, 7) is 2.38. The van der Waals surface area contributed by atoms with E-state index < -0.39 is 11.8 Å². The maximum Gasteiger partial charge on any atom is 0.313 e. The first-order chi connectivity index (χ1) is 16.2. The summed E-state index contributed by atoms with van der Waals surface area (Å²) in [4.78, 5) is 36.6. The molecule has 166 valence electrons. The number of hydrogen-bond donors (Lipinski definition) is 2. The van der Waals surface area contributed by atoms with Gasteiger partial charge < -0.3 is 15.2 Å². The molecule has 0 unspecified atom stereocenters. The van der Waals surface area contributed by atoms with Crippen LogP contribution in [-0.4, -0.2) is 57.8 Å². The van der Waals surface area contributed by atoms with E-state index in [2.05, 4.69) is 68.7 Å². The molecular formula is C26H25N5O2. The van der Waals surface area contributed by atoms with Gasteiger partial charge in [-0.1, -0.05) is 60.7 Å². The molecule has 33 heavy (non-hydrogen) atoms. The van der Waals surface area contributed by atoms with Crippen molar-refractivity contribution in [2.24, 2.45) is 0 Å². The Morgan fingerprint density at radius 2 is 1.48 bits per heavy atom. The molecule has 1 fully saturated rings. The highest BCUT2D eigenvalue weighted by Gasteiger charge is 2.30. The Hall–Kier alpha value is -3.97. The van der Waals surface area contributed by atoms with Crippen LogP contribution in [0.1, 0.15) is 17.2 Å². The second-order valence-electron chi connectivity index (χ2n) is 8.14. The van der Waals surface area contributed by atoms with Crippen molar-refractivity contribution < 1.29 is 9.59 Å². The fourth-order valence-electron chi connectivity index (χ4n) is 4.41. The van der Waals surface area contributed by atoms with Crippen LogP contribution in [0.15, 0.2) is 85.2 Å². The smallest absolute Gasteiger partial charge is 0.313 e. The van der Waals surface area contributed by atoms with E-state index in [9.17, 15) is 9.59 Å². The highest BCUT2D eigenvalue weighted by atomic mass is 16.2. The molecule has 0 atom stereocenters. The van der Waals surface area contributed by atoms with Gasteiger partial charge in [-0.25, -0.2) is 4.98 Å². The third kappa shape index (κ3) is 4.49. The minimum Gasteiger partial charge on any atom is -0.345 e. The second-order valence-corrected chi connectivity index (χ2v) is 8.14. The maximum absolute atomic E-state index is 12.8. The fraction of sp³-hybridized carbons (Fsp3) is 0.192. The number of aromatic amines is 1. The summed E-state index contributed by atoms with van der Waals surface area (Å²) < 4.78 is 0. The van der Waals surface area contributed by atoms with Gasteiger partial charge in [-0.15, -0.1) is 0 Å². The SMILES string of the molecule is O=C(Nc1ccc2nc[nH]c2c1)C(=O)N1CCN(C(c2ccccc2)c2ccccc2)CC1. The highest BCUT2D eigenvalue weighted by molar-refractivity contribution is 6.39. The number of H-pyrrole nitrogens is 1. The van der Waals surface area contributed by atoms with Crippen molar-refractivity contribution in [3.05, 3.63) is 96.3 Å². The first kappa shape index (κ1) is 20.9. The van der Waals surface area contributed by atoms with Crippen LogP contribution in [0.25, 0.3) is 11.0 Å². The molecule has 3 aromatic carbocycles. The molecule has 2 amide bonds. The van der Waals surface area contributed by atoms with Gasteiger partial charge >= 0.3 is 11.8 Å². The quantitative estimate of drug-likeness (QED) is 0.478. The van der Waals surface area contributed by atoms with E-state index in [1.807, 2.05) is 12.1 Å². The molecule has 7 heteroatoms. The predicted octanol–water partition coefficient (Wildman–Crippen LogP) is 3.44. The van der Waals surface area contributed by atoms with Crippen molar-refractivity contribution in [3.8, 4) is 0 Å². The number of piperazine rings is 1. The number of nitrogens with zero attached hydrogens (tertiary/aromatic N) is 3. The van der Waals surface area contributed by atoms with Crippen molar-refractivity contribution in [2.45, 2.75) is 6.04 Å². The normalized spacial score (nSPS) is 14.5. The van der Waals surface area contributed by atoms with Crippen LogP contribution in [0.5, 0.6) is 0 Å². The maximum atomic E-state index is 12.8. The lowest BCUT2D eigenvalue weighted by atomic mass is 9.96. The Morgan fingerprint density at radius 1 is 0.848 bits per heavy atom. The van der Waals surface area contributed by atoms with Crippen LogP contribution in [0, 0.1) is 0 Å². The number of carbonyl (C=O) groups is 2. The molecule has 1 saturated heterocycles. The third-order valence-corrected chi connectivity index (χ3v) is 6.07. The van der Waals surface area contributed by atoms with Crippen LogP contribution in [0.3, 0.4) is 0 Å². The number of imidazole rings is 1. The minimum absolute atomic E-state index is 0.111. The van der Waals surface area contributed by atoms with E-state index in [1.165, 1.54) is 11.1 Å². The van der Waals surface area contributed by atoms with Gasteiger partial charge in [0.05, 0.1) is 23.4 Å². The molecule has 2 heterocycles. The molecule has 0 spiro atoms. The van der Waals surface area contributed by atoms with Crippen LogP contribution in [-0.2, 0) is 9.59 Å². The Morgan fingerprint density at radius 3 is 2.12 bits per heavy atom. The first-order valence-corrected chi connectivity index (χ1v) is 11.1. The van der Waals surface area contributed by atoms with Crippen LogP contribution < -0.4 is 5.32 Å². The summed E-state index contributed by atoms with van der Waals surface area (Å²) in [7, 11) is 0. The summed E-state index contributed by atoms with van der Waals surface area (Å²) in [6.07, 6.45) is 1.60. The van der Waals surface area contributed by atoms with Gasteiger partial charge in [0.25, 0.3) is 0 Å². The van der Waals surface area contributed by atoms with Gasteiger partial charge in [-0.3, -0.25) is 14.5 Å². The molecule has 1 aliphatic heterocycles. The second kappa shape index (κ2) is 9.26. The van der Waals surface area contributed by atoms with E-state index >= 15 is 0 Å². The number of nitrogens with one attached hydrogen (secondary N) is 2. The summed E-state index contributed by atoms with van der Waals surface area (Å²) in [5, 5.41) is 2.72. The van der Waals surface area contributed by atoms with Gasteiger partial charge in [0.15, 0.2) is 0 Å². The Labute approximate surface area is 192 Å². The predicted molar refractivity (Wildman–Crippen MR) is 128 cm³/mol. The number of hydrogen-bond acceptors (Lipinski definition) is 4.